The van der Waals surface area contributed by atoms with Crippen LogP contribution in [-0.2, 0) is 16.1 Å². The van der Waals surface area contributed by atoms with Crippen LogP contribution in [-0.4, -0.2) is 52.9 Å². The zero-order chi connectivity index (χ0) is 17.8. The first-order valence-corrected chi connectivity index (χ1v) is 9.91. The molecule has 2 heterocycles. The van der Waals surface area contributed by atoms with Gasteiger partial charge in [0.1, 0.15) is 0 Å². The second-order valence-corrected chi connectivity index (χ2v) is 8.00. The van der Waals surface area contributed by atoms with Gasteiger partial charge < -0.3 is 14.2 Å². The molecular weight excluding hydrogens is 334 g/mol. The highest BCUT2D eigenvalue weighted by atomic mass is 32.2. The molecule has 0 saturated carbocycles. The topological polar surface area (TPSA) is 47.4 Å². The number of thioether (sulfide) groups is 1. The Morgan fingerprint density at radius 2 is 2.00 bits per heavy atom. The summed E-state index contributed by atoms with van der Waals surface area (Å²) in [6.07, 6.45) is 1.21. The van der Waals surface area contributed by atoms with Gasteiger partial charge in [-0.15, -0.1) is 0 Å². The lowest BCUT2D eigenvalue weighted by Gasteiger charge is -2.35. The fourth-order valence-electron chi connectivity index (χ4n) is 3.65. The number of hydrogen-bond donors (Lipinski definition) is 0. The number of amides is 1. The average Bonchev–Trinajstić information content (AvgIpc) is 2.94. The maximum atomic E-state index is 12.6. The molecule has 2 atom stereocenters. The summed E-state index contributed by atoms with van der Waals surface area (Å²) < 4.78 is 7.38. The van der Waals surface area contributed by atoms with Crippen LogP contribution in [0.4, 0.5) is 0 Å². The molecule has 136 valence electrons. The molecule has 2 aromatic rings. The molecule has 1 fully saturated rings. The van der Waals surface area contributed by atoms with Crippen molar-refractivity contribution in [2.75, 3.05) is 32.6 Å². The number of methoxy groups -OCH3 is 1. The zero-order valence-corrected chi connectivity index (χ0v) is 16.1. The molecule has 0 aliphatic carbocycles. The Morgan fingerprint density at radius 1 is 1.28 bits per heavy atom. The monoisotopic (exact) mass is 361 g/mol. The first-order valence-electron chi connectivity index (χ1n) is 8.93. The van der Waals surface area contributed by atoms with E-state index < -0.39 is 0 Å². The summed E-state index contributed by atoms with van der Waals surface area (Å²) in [5.41, 5.74) is 2.06. The first kappa shape index (κ1) is 18.3. The van der Waals surface area contributed by atoms with E-state index in [0.717, 1.165) is 35.8 Å². The molecule has 0 spiro atoms. The van der Waals surface area contributed by atoms with Crippen LogP contribution in [0.25, 0.3) is 11.0 Å². The Balaban J connectivity index is 1.70. The molecule has 5 nitrogen and oxygen atoms in total. The van der Waals surface area contributed by atoms with Crippen LogP contribution in [0.2, 0.25) is 0 Å². The summed E-state index contributed by atoms with van der Waals surface area (Å²) in [6, 6.07) is 8.09. The predicted octanol–water partition coefficient (Wildman–Crippen LogP) is 3.28. The van der Waals surface area contributed by atoms with Gasteiger partial charge in [0, 0.05) is 26.7 Å². The normalized spacial score (nSPS) is 21.0. The number of benzene rings is 1. The summed E-state index contributed by atoms with van der Waals surface area (Å²) in [5, 5.41) is 0.893. The summed E-state index contributed by atoms with van der Waals surface area (Å²) in [5.74, 6) is 1.83. The van der Waals surface area contributed by atoms with Gasteiger partial charge in [0.15, 0.2) is 5.16 Å². The van der Waals surface area contributed by atoms with Gasteiger partial charge in [0.2, 0.25) is 5.91 Å². The van der Waals surface area contributed by atoms with Gasteiger partial charge in [-0.25, -0.2) is 4.98 Å². The van der Waals surface area contributed by atoms with Crippen LogP contribution >= 0.6 is 11.8 Å². The third kappa shape index (κ3) is 4.36. The maximum absolute atomic E-state index is 12.6. The van der Waals surface area contributed by atoms with E-state index in [9.17, 15) is 4.79 Å². The second-order valence-electron chi connectivity index (χ2n) is 7.06. The number of nitrogens with zero attached hydrogens (tertiary/aromatic N) is 3. The van der Waals surface area contributed by atoms with Gasteiger partial charge in [-0.1, -0.05) is 37.7 Å². The van der Waals surface area contributed by atoms with Crippen LogP contribution in [0.3, 0.4) is 0 Å². The van der Waals surface area contributed by atoms with Crippen molar-refractivity contribution in [1.82, 2.24) is 14.5 Å². The number of hydrogen-bond acceptors (Lipinski definition) is 4. The number of carbonyl (C=O) groups is 1. The minimum Gasteiger partial charge on any atom is -0.383 e. The van der Waals surface area contributed by atoms with Crippen molar-refractivity contribution < 1.29 is 9.53 Å². The molecule has 0 radical (unpaired) electrons. The third-order valence-electron chi connectivity index (χ3n) is 4.68. The smallest absolute Gasteiger partial charge is 0.233 e. The minimum absolute atomic E-state index is 0.216. The van der Waals surface area contributed by atoms with Crippen molar-refractivity contribution in [2.45, 2.75) is 32.0 Å². The van der Waals surface area contributed by atoms with Crippen molar-refractivity contribution in [3.8, 4) is 0 Å². The van der Waals surface area contributed by atoms with E-state index >= 15 is 0 Å². The van der Waals surface area contributed by atoms with Crippen LogP contribution in [0, 0.1) is 11.8 Å². The summed E-state index contributed by atoms with van der Waals surface area (Å²) >= 11 is 1.53. The quantitative estimate of drug-likeness (QED) is 0.741. The number of piperidine rings is 1. The highest BCUT2D eigenvalue weighted by Gasteiger charge is 2.25. The number of para-hydroxylation sites is 2. The lowest BCUT2D eigenvalue weighted by Crippen LogP contribution is -2.43. The Bertz CT molecular complexity index is 721. The molecule has 6 heteroatoms. The number of fused-ring (bicyclic) bond motifs is 1. The lowest BCUT2D eigenvalue weighted by atomic mass is 9.92. The van der Waals surface area contributed by atoms with Gasteiger partial charge in [-0.3, -0.25) is 4.79 Å². The number of ether oxygens (including phenoxy) is 1. The molecule has 1 saturated heterocycles. The highest BCUT2D eigenvalue weighted by Crippen LogP contribution is 2.26. The molecule has 1 aliphatic heterocycles. The lowest BCUT2D eigenvalue weighted by molar-refractivity contribution is -0.130. The van der Waals surface area contributed by atoms with Crippen molar-refractivity contribution in [3.63, 3.8) is 0 Å². The van der Waals surface area contributed by atoms with E-state index in [2.05, 4.69) is 24.5 Å². The molecule has 1 aromatic carbocycles. The first-order chi connectivity index (χ1) is 12.1. The van der Waals surface area contributed by atoms with E-state index in [1.165, 1.54) is 18.2 Å². The summed E-state index contributed by atoms with van der Waals surface area (Å²) in [7, 11) is 1.70. The van der Waals surface area contributed by atoms with Crippen molar-refractivity contribution in [3.05, 3.63) is 24.3 Å². The SMILES string of the molecule is COCCn1c(SCC(=O)N2CC(C)CC(C)C2)nc2ccccc21. The van der Waals surface area contributed by atoms with E-state index in [0.29, 0.717) is 24.2 Å². The zero-order valence-electron chi connectivity index (χ0n) is 15.3. The average molecular weight is 362 g/mol. The molecule has 1 aliphatic rings. The standard InChI is InChI=1S/C19H27N3O2S/c1-14-10-15(2)12-21(11-14)18(23)13-25-19-20-16-6-4-5-7-17(16)22(19)8-9-24-3/h4-7,14-15H,8-13H2,1-3H3. The van der Waals surface area contributed by atoms with Crippen molar-refractivity contribution in [1.29, 1.82) is 0 Å². The number of likely N-dealkylation sites (tertiary alicyclic amines) is 1. The Hall–Kier alpha value is -1.53. The van der Waals surface area contributed by atoms with Crippen LogP contribution in [0.1, 0.15) is 20.3 Å². The molecule has 0 bridgehead atoms. The molecule has 2 unspecified atom stereocenters. The van der Waals surface area contributed by atoms with Gasteiger partial charge >= 0.3 is 0 Å². The van der Waals surface area contributed by atoms with E-state index in [1.54, 1.807) is 7.11 Å². The summed E-state index contributed by atoms with van der Waals surface area (Å²) in [4.78, 5) is 19.4. The summed E-state index contributed by atoms with van der Waals surface area (Å²) in [6.45, 7) is 7.59. The van der Waals surface area contributed by atoms with Crippen molar-refractivity contribution in [2.24, 2.45) is 11.8 Å². The molecular formula is C19H27N3O2S. The Labute approximate surface area is 153 Å². The highest BCUT2D eigenvalue weighted by molar-refractivity contribution is 7.99. The largest absolute Gasteiger partial charge is 0.383 e. The second kappa shape index (κ2) is 8.23. The Kier molecular flexibility index (Phi) is 6.02. The van der Waals surface area contributed by atoms with Gasteiger partial charge in [0.05, 0.1) is 23.4 Å². The minimum atomic E-state index is 0.216. The van der Waals surface area contributed by atoms with Crippen LogP contribution in [0.15, 0.2) is 29.4 Å². The fraction of sp³-hybridized carbons (Fsp3) is 0.579. The van der Waals surface area contributed by atoms with E-state index in [1.807, 2.05) is 23.1 Å². The molecule has 1 aromatic heterocycles. The fourth-order valence-corrected chi connectivity index (χ4v) is 4.59. The van der Waals surface area contributed by atoms with Gasteiger partial charge in [-0.05, 0) is 30.4 Å². The number of imidazole rings is 1. The van der Waals surface area contributed by atoms with Crippen LogP contribution in [0.5, 0.6) is 0 Å². The van der Waals surface area contributed by atoms with E-state index in [4.69, 9.17) is 9.72 Å². The van der Waals surface area contributed by atoms with Crippen molar-refractivity contribution >= 4 is 28.7 Å². The van der Waals surface area contributed by atoms with Gasteiger partial charge in [-0.2, -0.15) is 0 Å². The molecule has 3 rings (SSSR count). The molecule has 1 amide bonds. The number of carbonyl (C=O) groups excluding carboxylic acids is 1. The van der Waals surface area contributed by atoms with Crippen LogP contribution < -0.4 is 0 Å². The maximum Gasteiger partial charge on any atom is 0.233 e. The molecule has 25 heavy (non-hydrogen) atoms. The number of aromatic nitrogens is 2. The predicted molar refractivity (Wildman–Crippen MR) is 102 cm³/mol. The Morgan fingerprint density at radius 3 is 2.72 bits per heavy atom. The molecule has 0 N–H and O–H groups in total. The third-order valence-corrected chi connectivity index (χ3v) is 5.65. The van der Waals surface area contributed by atoms with E-state index in [-0.39, 0.29) is 5.91 Å². The number of rotatable bonds is 6. The van der Waals surface area contributed by atoms with Gasteiger partial charge in [0.25, 0.3) is 0 Å².